The number of carbonyl (C=O) groups is 1. The molecule has 0 aromatic heterocycles. The summed E-state index contributed by atoms with van der Waals surface area (Å²) in [5.41, 5.74) is 2.20. The van der Waals surface area contributed by atoms with Crippen LogP contribution in [0.25, 0.3) is 0 Å². The van der Waals surface area contributed by atoms with E-state index in [9.17, 15) is 9.90 Å². The summed E-state index contributed by atoms with van der Waals surface area (Å²) in [5.74, 6) is -0.390. The molecule has 0 amide bonds. The Kier molecular flexibility index (Phi) is 7.99. The fraction of sp³-hybridized carbons (Fsp3) is 0.296. The van der Waals surface area contributed by atoms with Gasteiger partial charge < -0.3 is 14.6 Å². The van der Waals surface area contributed by atoms with Crippen LogP contribution in [-0.2, 0) is 19.9 Å². The van der Waals surface area contributed by atoms with Crippen LogP contribution < -0.4 is 0 Å². The summed E-state index contributed by atoms with van der Waals surface area (Å²) in [5, 5.41) is 10.6. The molecule has 4 nitrogen and oxygen atoms in total. The minimum Gasteiger partial charge on any atom is -0.460 e. The molecule has 0 fully saturated rings. The van der Waals surface area contributed by atoms with E-state index in [0.29, 0.717) is 12.8 Å². The first-order valence-corrected chi connectivity index (χ1v) is 10.7. The van der Waals surface area contributed by atoms with Gasteiger partial charge >= 0.3 is 5.97 Å². The normalized spacial score (nSPS) is 13.4. The Labute approximate surface area is 184 Å². The van der Waals surface area contributed by atoms with Crippen molar-refractivity contribution in [2.45, 2.75) is 44.5 Å². The van der Waals surface area contributed by atoms with Gasteiger partial charge in [-0.25, -0.2) is 0 Å². The first-order chi connectivity index (χ1) is 15.1. The quantitative estimate of drug-likeness (QED) is 0.368. The molecule has 162 valence electrons. The molecule has 3 rings (SSSR count). The number of carbonyl (C=O) groups excluding carboxylic acids is 1. The molecule has 3 aromatic carbocycles. The van der Waals surface area contributed by atoms with E-state index in [1.165, 1.54) is 6.92 Å². The Bertz CT molecular complexity index is 829. The van der Waals surface area contributed by atoms with Crippen molar-refractivity contribution in [1.82, 2.24) is 0 Å². The van der Waals surface area contributed by atoms with Gasteiger partial charge in [0.15, 0.2) is 0 Å². The monoisotopic (exact) mass is 418 g/mol. The molecule has 0 aliphatic rings. The molecule has 0 radical (unpaired) electrons. The van der Waals surface area contributed by atoms with Crippen molar-refractivity contribution in [3.8, 4) is 0 Å². The largest absolute Gasteiger partial charge is 0.460 e. The summed E-state index contributed by atoms with van der Waals surface area (Å²) >= 11 is 0. The summed E-state index contributed by atoms with van der Waals surface area (Å²) < 4.78 is 11.9. The smallest absolute Gasteiger partial charge is 0.302 e. The first kappa shape index (κ1) is 22.7. The van der Waals surface area contributed by atoms with Crippen LogP contribution in [0.4, 0.5) is 0 Å². The molecule has 1 N–H and O–H groups in total. The van der Waals surface area contributed by atoms with Crippen molar-refractivity contribution in [3.63, 3.8) is 0 Å². The molecule has 0 saturated heterocycles. The topological polar surface area (TPSA) is 55.8 Å². The van der Waals surface area contributed by atoms with Crippen molar-refractivity contribution in [2.75, 3.05) is 6.61 Å². The maximum Gasteiger partial charge on any atom is 0.302 e. The van der Waals surface area contributed by atoms with Gasteiger partial charge in [0.05, 0.1) is 12.7 Å². The standard InChI is InChI=1S/C27H30O4/c1-3-26(31-21(2)28)25(29)19-20-30-27(22-13-7-4-8-14-22,23-15-9-5-10-16-23)24-17-11-6-12-18-24/h4-18,25-26,29H,3,19-20H2,1-2H3/t25-,26+/m0/s1. The average Bonchev–Trinajstić information content (AvgIpc) is 2.82. The van der Waals surface area contributed by atoms with Gasteiger partial charge in [-0.2, -0.15) is 0 Å². The van der Waals surface area contributed by atoms with Gasteiger partial charge in [0.2, 0.25) is 0 Å². The minimum atomic E-state index is -0.827. The van der Waals surface area contributed by atoms with Gasteiger partial charge in [-0.15, -0.1) is 0 Å². The van der Waals surface area contributed by atoms with Gasteiger partial charge in [0.1, 0.15) is 11.7 Å². The van der Waals surface area contributed by atoms with E-state index < -0.39 is 17.8 Å². The van der Waals surface area contributed by atoms with E-state index >= 15 is 0 Å². The fourth-order valence-electron chi connectivity index (χ4n) is 3.93. The van der Waals surface area contributed by atoms with E-state index in [4.69, 9.17) is 9.47 Å². The van der Waals surface area contributed by atoms with E-state index in [1.807, 2.05) is 61.5 Å². The highest BCUT2D eigenvalue weighted by molar-refractivity contribution is 5.66. The lowest BCUT2D eigenvalue weighted by Crippen LogP contribution is -2.36. The Hall–Kier alpha value is -2.95. The minimum absolute atomic E-state index is 0.289. The third-order valence-corrected chi connectivity index (χ3v) is 5.42. The lowest BCUT2D eigenvalue weighted by Gasteiger charge is -2.36. The van der Waals surface area contributed by atoms with Crippen LogP contribution in [0.5, 0.6) is 0 Å². The van der Waals surface area contributed by atoms with Crippen LogP contribution in [0.1, 0.15) is 43.4 Å². The second-order valence-electron chi connectivity index (χ2n) is 7.54. The number of hydrogen-bond donors (Lipinski definition) is 1. The maximum absolute atomic E-state index is 11.3. The highest BCUT2D eigenvalue weighted by Crippen LogP contribution is 2.40. The van der Waals surface area contributed by atoms with E-state index in [0.717, 1.165) is 16.7 Å². The first-order valence-electron chi connectivity index (χ1n) is 10.7. The van der Waals surface area contributed by atoms with Gasteiger partial charge in [-0.3, -0.25) is 4.79 Å². The van der Waals surface area contributed by atoms with Crippen LogP contribution in [0.2, 0.25) is 0 Å². The van der Waals surface area contributed by atoms with Crippen LogP contribution in [0, 0.1) is 0 Å². The number of aliphatic hydroxyl groups excluding tert-OH is 1. The highest BCUT2D eigenvalue weighted by Gasteiger charge is 2.37. The molecule has 3 aromatic rings. The number of ether oxygens (including phenoxy) is 2. The Morgan fingerprint density at radius 2 is 1.26 bits per heavy atom. The third kappa shape index (κ3) is 5.40. The van der Waals surface area contributed by atoms with E-state index in [-0.39, 0.29) is 12.6 Å². The lowest BCUT2D eigenvalue weighted by atomic mass is 9.80. The molecule has 0 unspecified atom stereocenters. The second kappa shape index (κ2) is 10.9. The number of aliphatic hydroxyl groups is 1. The average molecular weight is 419 g/mol. The van der Waals surface area contributed by atoms with Crippen LogP contribution in [-0.4, -0.2) is 29.9 Å². The molecule has 2 atom stereocenters. The molecule has 0 spiro atoms. The number of benzene rings is 3. The summed E-state index contributed by atoms with van der Waals surface area (Å²) in [7, 11) is 0. The molecule has 0 bridgehead atoms. The van der Waals surface area contributed by atoms with Crippen molar-refractivity contribution >= 4 is 5.97 Å². The van der Waals surface area contributed by atoms with Crippen molar-refractivity contribution in [3.05, 3.63) is 108 Å². The number of rotatable bonds is 10. The van der Waals surface area contributed by atoms with Crippen LogP contribution in [0.3, 0.4) is 0 Å². The highest BCUT2D eigenvalue weighted by atomic mass is 16.6. The van der Waals surface area contributed by atoms with Gasteiger partial charge in [0.25, 0.3) is 0 Å². The summed E-state index contributed by atoms with van der Waals surface area (Å²) in [4.78, 5) is 11.3. The molecule has 31 heavy (non-hydrogen) atoms. The Balaban J connectivity index is 1.96. The van der Waals surface area contributed by atoms with Crippen molar-refractivity contribution in [2.24, 2.45) is 0 Å². The van der Waals surface area contributed by atoms with Crippen LogP contribution >= 0.6 is 0 Å². The summed E-state index contributed by atoms with van der Waals surface area (Å²) in [6.45, 7) is 3.54. The van der Waals surface area contributed by atoms with E-state index in [1.54, 1.807) is 0 Å². The number of hydrogen-bond acceptors (Lipinski definition) is 4. The molecule has 0 saturated carbocycles. The zero-order valence-electron chi connectivity index (χ0n) is 18.1. The molecule has 4 heteroatoms. The molecule has 0 heterocycles. The van der Waals surface area contributed by atoms with Crippen molar-refractivity contribution < 1.29 is 19.4 Å². The fourth-order valence-corrected chi connectivity index (χ4v) is 3.93. The zero-order chi connectivity index (χ0) is 22.1. The van der Waals surface area contributed by atoms with Crippen LogP contribution in [0.15, 0.2) is 91.0 Å². The predicted octanol–water partition coefficient (Wildman–Crippen LogP) is 5.09. The second-order valence-corrected chi connectivity index (χ2v) is 7.54. The summed E-state index contributed by atoms with van der Waals surface area (Å²) in [6.07, 6.45) is -0.447. The number of esters is 1. The van der Waals surface area contributed by atoms with Gasteiger partial charge in [0, 0.05) is 13.3 Å². The molecule has 0 aliphatic carbocycles. The van der Waals surface area contributed by atoms with Gasteiger partial charge in [-0.1, -0.05) is 97.9 Å². The third-order valence-electron chi connectivity index (χ3n) is 5.42. The molecular formula is C27H30O4. The lowest BCUT2D eigenvalue weighted by molar-refractivity contribution is -0.153. The maximum atomic E-state index is 11.3. The predicted molar refractivity (Wildman–Crippen MR) is 122 cm³/mol. The Morgan fingerprint density at radius 3 is 1.61 bits per heavy atom. The van der Waals surface area contributed by atoms with E-state index in [2.05, 4.69) is 36.4 Å². The zero-order valence-corrected chi connectivity index (χ0v) is 18.1. The summed E-state index contributed by atoms with van der Waals surface area (Å²) in [6, 6.07) is 30.3. The molecule has 0 aliphatic heterocycles. The van der Waals surface area contributed by atoms with Gasteiger partial charge in [-0.05, 0) is 23.1 Å². The SMILES string of the molecule is CC[C@@H](OC(C)=O)[C@@H](O)CCOC(c1ccccc1)(c1ccccc1)c1ccccc1. The Morgan fingerprint density at radius 1 is 0.839 bits per heavy atom. The van der Waals surface area contributed by atoms with Crippen molar-refractivity contribution in [1.29, 1.82) is 0 Å². The molecular weight excluding hydrogens is 388 g/mol.